The van der Waals surface area contributed by atoms with Crippen LogP contribution in [0.2, 0.25) is 0 Å². The number of ether oxygens (including phenoxy) is 1. The molecule has 1 nitrogen and oxygen atoms in total. The first kappa shape index (κ1) is 14.2. The van der Waals surface area contributed by atoms with Crippen LogP contribution in [-0.2, 0) is 4.74 Å². The van der Waals surface area contributed by atoms with Crippen molar-refractivity contribution in [1.29, 1.82) is 0 Å². The van der Waals surface area contributed by atoms with Crippen molar-refractivity contribution >= 4 is 0 Å². The number of hydrogen-bond donors (Lipinski definition) is 0. The van der Waals surface area contributed by atoms with Crippen molar-refractivity contribution in [3.8, 4) is 22.3 Å². The van der Waals surface area contributed by atoms with Gasteiger partial charge < -0.3 is 4.74 Å². The Morgan fingerprint density at radius 2 is 1.39 bits per heavy atom. The molecular weight excluding hydrogens is 280 g/mol. The fourth-order valence-corrected chi connectivity index (χ4v) is 3.37. The summed E-state index contributed by atoms with van der Waals surface area (Å²) in [5.74, 6) is 0.509. The van der Waals surface area contributed by atoms with E-state index in [1.807, 2.05) is 0 Å². The van der Waals surface area contributed by atoms with Crippen LogP contribution in [-0.4, -0.2) is 13.2 Å². The zero-order valence-corrected chi connectivity index (χ0v) is 13.1. The second-order valence-electron chi connectivity index (χ2n) is 6.09. The Morgan fingerprint density at radius 1 is 0.696 bits per heavy atom. The van der Waals surface area contributed by atoms with Crippen molar-refractivity contribution in [2.24, 2.45) is 0 Å². The Labute approximate surface area is 137 Å². The number of rotatable bonds is 3. The predicted molar refractivity (Wildman–Crippen MR) is 95.5 cm³/mol. The monoisotopic (exact) mass is 300 g/mol. The molecule has 0 aromatic heterocycles. The minimum Gasteiger partial charge on any atom is -0.381 e. The zero-order chi connectivity index (χ0) is 15.5. The van der Waals surface area contributed by atoms with E-state index in [9.17, 15) is 0 Å². The molecule has 1 saturated heterocycles. The molecular formula is C22H20O. The van der Waals surface area contributed by atoms with E-state index >= 15 is 0 Å². The fourth-order valence-electron chi connectivity index (χ4n) is 3.37. The van der Waals surface area contributed by atoms with Crippen molar-refractivity contribution in [1.82, 2.24) is 0 Å². The molecule has 3 aromatic carbocycles. The molecule has 0 aliphatic carbocycles. The topological polar surface area (TPSA) is 9.23 Å². The third-order valence-corrected chi connectivity index (χ3v) is 4.61. The van der Waals surface area contributed by atoms with Gasteiger partial charge in [-0.15, -0.1) is 0 Å². The van der Waals surface area contributed by atoms with Gasteiger partial charge >= 0.3 is 0 Å². The van der Waals surface area contributed by atoms with Gasteiger partial charge in [0.15, 0.2) is 0 Å². The highest BCUT2D eigenvalue weighted by Gasteiger charge is 2.21. The van der Waals surface area contributed by atoms with Crippen molar-refractivity contribution in [2.75, 3.05) is 13.2 Å². The Balaban J connectivity index is 1.84. The molecule has 1 aliphatic rings. The normalized spacial score (nSPS) is 17.3. The molecule has 1 fully saturated rings. The molecule has 0 bridgehead atoms. The highest BCUT2D eigenvalue weighted by molar-refractivity contribution is 5.76. The Morgan fingerprint density at radius 3 is 2.04 bits per heavy atom. The lowest BCUT2D eigenvalue weighted by Crippen LogP contribution is -2.00. The molecule has 0 amide bonds. The predicted octanol–water partition coefficient (Wildman–Crippen LogP) is 5.52. The molecule has 0 N–H and O–H groups in total. The lowest BCUT2D eigenvalue weighted by atomic mass is 9.87. The van der Waals surface area contributed by atoms with Gasteiger partial charge in [0.2, 0.25) is 0 Å². The average Bonchev–Trinajstić information content (AvgIpc) is 3.17. The van der Waals surface area contributed by atoms with Crippen LogP contribution in [0.5, 0.6) is 0 Å². The molecule has 1 heteroatoms. The van der Waals surface area contributed by atoms with E-state index in [1.54, 1.807) is 0 Å². The van der Waals surface area contributed by atoms with Crippen molar-refractivity contribution < 1.29 is 4.74 Å². The van der Waals surface area contributed by atoms with Gasteiger partial charge in [0.1, 0.15) is 0 Å². The van der Waals surface area contributed by atoms with Crippen LogP contribution in [0.15, 0.2) is 78.9 Å². The molecule has 4 rings (SSSR count). The fraction of sp³-hybridized carbons (Fsp3) is 0.182. The van der Waals surface area contributed by atoms with E-state index in [0.717, 1.165) is 19.6 Å². The van der Waals surface area contributed by atoms with Gasteiger partial charge in [-0.05, 0) is 40.3 Å². The third kappa shape index (κ3) is 2.93. The van der Waals surface area contributed by atoms with Crippen molar-refractivity contribution in [3.63, 3.8) is 0 Å². The molecule has 1 heterocycles. The van der Waals surface area contributed by atoms with Crippen LogP contribution in [0, 0.1) is 0 Å². The maximum absolute atomic E-state index is 5.62. The first-order chi connectivity index (χ1) is 11.4. The van der Waals surface area contributed by atoms with Crippen LogP contribution in [0.25, 0.3) is 22.3 Å². The molecule has 1 aliphatic heterocycles. The lowest BCUT2D eigenvalue weighted by molar-refractivity contribution is 0.194. The van der Waals surface area contributed by atoms with Crippen LogP contribution < -0.4 is 0 Å². The van der Waals surface area contributed by atoms with Crippen LogP contribution >= 0.6 is 0 Å². The average molecular weight is 300 g/mol. The smallest absolute Gasteiger partial charge is 0.0535 e. The van der Waals surface area contributed by atoms with Gasteiger partial charge in [0, 0.05) is 12.5 Å². The highest BCUT2D eigenvalue weighted by Crippen LogP contribution is 2.36. The van der Waals surface area contributed by atoms with Gasteiger partial charge in [-0.2, -0.15) is 0 Å². The molecule has 3 aromatic rings. The van der Waals surface area contributed by atoms with E-state index in [-0.39, 0.29) is 0 Å². The largest absolute Gasteiger partial charge is 0.381 e. The van der Waals surface area contributed by atoms with E-state index < -0.39 is 0 Å². The minimum atomic E-state index is 0.509. The van der Waals surface area contributed by atoms with Crippen molar-refractivity contribution in [3.05, 3.63) is 84.4 Å². The molecule has 1 atom stereocenters. The summed E-state index contributed by atoms with van der Waals surface area (Å²) in [4.78, 5) is 0. The van der Waals surface area contributed by atoms with Crippen molar-refractivity contribution in [2.45, 2.75) is 12.3 Å². The van der Waals surface area contributed by atoms with Gasteiger partial charge in [-0.1, -0.05) is 72.8 Å². The second-order valence-corrected chi connectivity index (χ2v) is 6.09. The maximum atomic E-state index is 5.62. The van der Waals surface area contributed by atoms with Gasteiger partial charge in [0.05, 0.1) is 6.61 Å². The van der Waals surface area contributed by atoms with Crippen LogP contribution in [0.3, 0.4) is 0 Å². The summed E-state index contributed by atoms with van der Waals surface area (Å²) >= 11 is 0. The maximum Gasteiger partial charge on any atom is 0.0535 e. The summed E-state index contributed by atoms with van der Waals surface area (Å²) in [6, 6.07) is 28.1. The van der Waals surface area contributed by atoms with E-state index in [4.69, 9.17) is 4.74 Å². The highest BCUT2D eigenvalue weighted by atomic mass is 16.5. The summed E-state index contributed by atoms with van der Waals surface area (Å²) in [5.41, 5.74) is 6.56. The van der Waals surface area contributed by atoms with Gasteiger partial charge in [-0.25, -0.2) is 0 Å². The summed E-state index contributed by atoms with van der Waals surface area (Å²) in [7, 11) is 0. The molecule has 23 heavy (non-hydrogen) atoms. The van der Waals surface area contributed by atoms with Crippen LogP contribution in [0.1, 0.15) is 17.9 Å². The quantitative estimate of drug-likeness (QED) is 0.618. The molecule has 0 radical (unpaired) electrons. The first-order valence-corrected chi connectivity index (χ1v) is 8.24. The first-order valence-electron chi connectivity index (χ1n) is 8.24. The van der Waals surface area contributed by atoms with Gasteiger partial charge in [0.25, 0.3) is 0 Å². The van der Waals surface area contributed by atoms with Gasteiger partial charge in [-0.3, -0.25) is 0 Å². The molecule has 1 unspecified atom stereocenters. The lowest BCUT2D eigenvalue weighted by Gasteiger charge is -2.16. The summed E-state index contributed by atoms with van der Waals surface area (Å²) in [6.45, 7) is 1.71. The van der Waals surface area contributed by atoms with E-state index in [1.165, 1.54) is 27.8 Å². The van der Waals surface area contributed by atoms with Crippen LogP contribution in [0.4, 0.5) is 0 Å². The summed E-state index contributed by atoms with van der Waals surface area (Å²) in [6.07, 6.45) is 1.12. The molecule has 0 saturated carbocycles. The standard InChI is InChI=1S/C22H20O/c1-3-7-17(8-4-1)19-11-12-21(20-13-14-23-16-20)22(15-19)18-9-5-2-6-10-18/h1-12,15,20H,13-14,16H2. The Hall–Kier alpha value is -2.38. The Kier molecular flexibility index (Phi) is 3.95. The molecule has 114 valence electrons. The SMILES string of the molecule is c1ccc(-c2ccc(C3CCOC3)c(-c3ccccc3)c2)cc1. The van der Waals surface area contributed by atoms with E-state index in [0.29, 0.717) is 5.92 Å². The van der Waals surface area contributed by atoms with E-state index in [2.05, 4.69) is 78.9 Å². The number of hydrogen-bond acceptors (Lipinski definition) is 1. The second kappa shape index (κ2) is 6.39. The third-order valence-electron chi connectivity index (χ3n) is 4.61. The zero-order valence-electron chi connectivity index (χ0n) is 13.1. The minimum absolute atomic E-state index is 0.509. The number of benzene rings is 3. The summed E-state index contributed by atoms with van der Waals surface area (Å²) in [5, 5.41) is 0. The summed E-state index contributed by atoms with van der Waals surface area (Å²) < 4.78 is 5.62. The Bertz CT molecular complexity index is 772. The molecule has 0 spiro atoms.